The number of hydrogen-bond acceptors (Lipinski definition) is 6. The van der Waals surface area contributed by atoms with E-state index >= 15 is 0 Å². The van der Waals surface area contributed by atoms with Crippen molar-refractivity contribution in [3.05, 3.63) is 36.4 Å². The molecule has 2 aromatic rings. The molecule has 0 saturated carbocycles. The maximum Gasteiger partial charge on any atom is 1.00 e. The number of hydrogen-bond donors (Lipinski definition) is 0. The van der Waals surface area contributed by atoms with E-state index in [0.717, 1.165) is 12.1 Å². The molecule has 0 unspecified atom stereocenters. The third-order valence-electron chi connectivity index (χ3n) is 2.35. The molecule has 0 fully saturated rings. The summed E-state index contributed by atoms with van der Waals surface area (Å²) in [7, 11) is -10.1. The van der Waals surface area contributed by atoms with Crippen molar-refractivity contribution < 1.29 is 85.1 Å². The topological polar surface area (TPSA) is 114 Å². The molecule has 0 radical (unpaired) electrons. The van der Waals surface area contributed by atoms with Crippen LogP contribution in [0.15, 0.2) is 46.2 Å². The van der Waals surface area contributed by atoms with Crippen molar-refractivity contribution in [3.8, 4) is 0 Å². The van der Waals surface area contributed by atoms with Crippen LogP contribution in [0, 0.1) is 0 Å². The SMILES string of the molecule is O=S(=O)([O-])c1cc2ccccc2cc1S(=O)(=O)[O-].[Na+].[Na+]. The van der Waals surface area contributed by atoms with Crippen LogP contribution < -0.4 is 59.1 Å². The van der Waals surface area contributed by atoms with Crippen LogP contribution in [0.1, 0.15) is 0 Å². The molecule has 0 aliphatic rings. The van der Waals surface area contributed by atoms with E-state index in [9.17, 15) is 25.9 Å². The largest absolute Gasteiger partial charge is 1.00 e. The zero-order valence-electron chi connectivity index (χ0n) is 10.7. The Morgan fingerprint density at radius 1 is 0.700 bits per heavy atom. The van der Waals surface area contributed by atoms with Gasteiger partial charge in [0.15, 0.2) is 0 Å². The van der Waals surface area contributed by atoms with Crippen LogP contribution >= 0.6 is 0 Å². The molecule has 2 aromatic carbocycles. The monoisotopic (exact) mass is 332 g/mol. The molecule has 0 saturated heterocycles. The van der Waals surface area contributed by atoms with Crippen molar-refractivity contribution in [2.75, 3.05) is 0 Å². The van der Waals surface area contributed by atoms with E-state index in [2.05, 4.69) is 0 Å². The van der Waals surface area contributed by atoms with Gasteiger partial charge >= 0.3 is 59.1 Å². The fourth-order valence-electron chi connectivity index (χ4n) is 1.59. The smallest absolute Gasteiger partial charge is 0.744 e. The van der Waals surface area contributed by atoms with Crippen molar-refractivity contribution >= 4 is 31.0 Å². The minimum atomic E-state index is -5.04. The molecule has 0 amide bonds. The van der Waals surface area contributed by atoms with Gasteiger partial charge in [-0.2, -0.15) is 0 Å². The summed E-state index contributed by atoms with van der Waals surface area (Å²) in [6.45, 7) is 0. The van der Waals surface area contributed by atoms with Gasteiger partial charge in [0.05, 0.1) is 9.79 Å². The normalized spacial score (nSPS) is 11.5. The minimum absolute atomic E-state index is 0. The third kappa shape index (κ3) is 4.51. The molecule has 20 heavy (non-hydrogen) atoms. The van der Waals surface area contributed by atoms with Crippen molar-refractivity contribution in [3.63, 3.8) is 0 Å². The fraction of sp³-hybridized carbons (Fsp3) is 0. The van der Waals surface area contributed by atoms with Crippen LogP contribution in [0.2, 0.25) is 0 Å². The van der Waals surface area contributed by atoms with Gasteiger partial charge in [0.25, 0.3) is 0 Å². The first-order chi connectivity index (χ1) is 8.19. The molecule has 0 aliphatic heterocycles. The predicted octanol–water partition coefficient (Wildman–Crippen LogP) is -5.34. The molecule has 6 nitrogen and oxygen atoms in total. The van der Waals surface area contributed by atoms with Gasteiger partial charge in [-0.05, 0) is 22.9 Å². The molecule has 0 N–H and O–H groups in total. The van der Waals surface area contributed by atoms with Crippen LogP contribution in [0.3, 0.4) is 0 Å². The van der Waals surface area contributed by atoms with E-state index in [-0.39, 0.29) is 59.1 Å². The Hall–Kier alpha value is 0.520. The second-order valence-corrected chi connectivity index (χ2v) is 6.25. The van der Waals surface area contributed by atoms with Crippen molar-refractivity contribution in [1.29, 1.82) is 0 Å². The van der Waals surface area contributed by atoms with E-state index in [1.54, 1.807) is 12.1 Å². The first-order valence-electron chi connectivity index (χ1n) is 4.64. The first kappa shape index (κ1) is 20.5. The molecular weight excluding hydrogens is 326 g/mol. The molecule has 0 spiro atoms. The molecule has 0 atom stereocenters. The second-order valence-electron chi connectivity index (χ2n) is 3.55. The van der Waals surface area contributed by atoms with Gasteiger partial charge in [-0.3, -0.25) is 0 Å². The van der Waals surface area contributed by atoms with E-state index in [1.807, 2.05) is 0 Å². The average Bonchev–Trinajstić information content (AvgIpc) is 2.25. The summed E-state index contributed by atoms with van der Waals surface area (Å²) in [4.78, 5) is -2.03. The van der Waals surface area contributed by atoms with Crippen LogP contribution in [0.25, 0.3) is 10.8 Å². The van der Waals surface area contributed by atoms with E-state index in [1.165, 1.54) is 12.1 Å². The van der Waals surface area contributed by atoms with Crippen molar-refractivity contribution in [2.24, 2.45) is 0 Å². The molecule has 0 aliphatic carbocycles. The number of benzene rings is 2. The Labute approximate surface area is 160 Å². The predicted molar refractivity (Wildman–Crippen MR) is 59.9 cm³/mol. The minimum Gasteiger partial charge on any atom is -0.744 e. The zero-order valence-corrected chi connectivity index (χ0v) is 16.4. The van der Waals surface area contributed by atoms with Gasteiger partial charge in [0.2, 0.25) is 0 Å². The van der Waals surface area contributed by atoms with Gasteiger partial charge in [-0.1, -0.05) is 24.3 Å². The summed E-state index contributed by atoms with van der Waals surface area (Å²) >= 11 is 0. The van der Waals surface area contributed by atoms with Crippen LogP contribution in [0.4, 0.5) is 0 Å². The molecule has 0 aromatic heterocycles. The van der Waals surface area contributed by atoms with Gasteiger partial charge in [-0.15, -0.1) is 0 Å². The Bertz CT molecular complexity index is 759. The van der Waals surface area contributed by atoms with E-state index in [0.29, 0.717) is 10.8 Å². The van der Waals surface area contributed by atoms with Gasteiger partial charge in [0, 0.05) is 0 Å². The Balaban J connectivity index is 0.00000180. The zero-order chi connectivity index (χ0) is 13.6. The second kappa shape index (κ2) is 7.19. The summed E-state index contributed by atoms with van der Waals surface area (Å²) in [6.07, 6.45) is 0. The standard InChI is InChI=1S/C10H8O6S2.2Na/c11-17(12,13)9-5-7-3-1-2-4-8(7)6-10(9)18(14,15)16;;/h1-6H,(H,11,12,13)(H,14,15,16);;/q;2*+1/p-2. The molecule has 96 valence electrons. The molecule has 0 bridgehead atoms. The fourth-order valence-corrected chi connectivity index (χ4v) is 3.35. The molecule has 10 heteroatoms. The van der Waals surface area contributed by atoms with Gasteiger partial charge < -0.3 is 9.11 Å². The summed E-state index contributed by atoms with van der Waals surface area (Å²) in [5.41, 5.74) is 0. The molecule has 0 heterocycles. The van der Waals surface area contributed by atoms with Crippen LogP contribution in [-0.2, 0) is 20.2 Å². The summed E-state index contributed by atoms with van der Waals surface area (Å²) in [5.74, 6) is 0. The Kier molecular flexibility index (Phi) is 7.37. The maximum atomic E-state index is 11.0. The molecular formula is C10H6Na2O6S2. The average molecular weight is 332 g/mol. The van der Waals surface area contributed by atoms with Crippen molar-refractivity contribution in [2.45, 2.75) is 9.79 Å². The third-order valence-corrected chi connectivity index (χ3v) is 4.23. The summed E-state index contributed by atoms with van der Waals surface area (Å²) < 4.78 is 65.9. The summed E-state index contributed by atoms with van der Waals surface area (Å²) in [6, 6.07) is 7.98. The van der Waals surface area contributed by atoms with Gasteiger partial charge in [-0.25, -0.2) is 16.8 Å². The van der Waals surface area contributed by atoms with Gasteiger partial charge in [0.1, 0.15) is 20.2 Å². The molecule has 2 rings (SSSR count). The van der Waals surface area contributed by atoms with E-state index < -0.39 is 30.0 Å². The Morgan fingerprint density at radius 2 is 1.00 bits per heavy atom. The first-order valence-corrected chi connectivity index (χ1v) is 7.46. The Morgan fingerprint density at radius 3 is 1.25 bits per heavy atom. The van der Waals surface area contributed by atoms with Crippen molar-refractivity contribution in [1.82, 2.24) is 0 Å². The summed E-state index contributed by atoms with van der Waals surface area (Å²) in [5, 5.41) is 0.721. The van der Waals surface area contributed by atoms with Crippen LogP contribution in [0.5, 0.6) is 0 Å². The number of fused-ring (bicyclic) bond motifs is 1. The maximum absolute atomic E-state index is 11.0. The number of rotatable bonds is 2. The van der Waals surface area contributed by atoms with E-state index in [4.69, 9.17) is 0 Å². The quantitative estimate of drug-likeness (QED) is 0.401. The van der Waals surface area contributed by atoms with Crippen LogP contribution in [-0.4, -0.2) is 25.9 Å².